The quantitative estimate of drug-likeness (QED) is 0.645. The van der Waals surface area contributed by atoms with Crippen molar-refractivity contribution in [2.75, 3.05) is 32.8 Å². The minimum atomic E-state index is -0.406. The average molecular weight is 257 g/mol. The Hall–Kier alpha value is -0.650. The zero-order valence-electron chi connectivity index (χ0n) is 11.7. The number of amides is 1. The molecule has 0 aromatic rings. The zero-order valence-corrected chi connectivity index (χ0v) is 11.7. The molecule has 1 fully saturated rings. The topological polar surface area (TPSA) is 67.6 Å². The highest BCUT2D eigenvalue weighted by atomic mass is 16.5. The summed E-state index contributed by atoms with van der Waals surface area (Å²) >= 11 is 0. The van der Waals surface area contributed by atoms with Crippen LogP contribution in [0.4, 0.5) is 0 Å². The lowest BCUT2D eigenvalue weighted by Crippen LogP contribution is -2.35. The van der Waals surface area contributed by atoms with E-state index in [1.54, 1.807) is 0 Å². The lowest BCUT2D eigenvalue weighted by atomic mass is 10.1. The van der Waals surface area contributed by atoms with Gasteiger partial charge in [0.15, 0.2) is 0 Å². The van der Waals surface area contributed by atoms with Gasteiger partial charge >= 0.3 is 0 Å². The smallest absolute Gasteiger partial charge is 0.243 e. The molecule has 0 aromatic heterocycles. The van der Waals surface area contributed by atoms with Crippen molar-refractivity contribution in [3.63, 3.8) is 0 Å². The molecule has 1 rings (SSSR count). The van der Waals surface area contributed by atoms with Crippen LogP contribution in [0.5, 0.6) is 0 Å². The maximum absolute atomic E-state index is 10.5. The van der Waals surface area contributed by atoms with E-state index in [4.69, 9.17) is 10.5 Å². The van der Waals surface area contributed by atoms with Gasteiger partial charge in [0, 0.05) is 18.6 Å². The third-order valence-electron chi connectivity index (χ3n) is 3.42. The number of rotatable bonds is 7. The average Bonchev–Trinajstić information content (AvgIpc) is 2.53. The number of hydrogen-bond donors (Lipinski definition) is 2. The van der Waals surface area contributed by atoms with Crippen LogP contribution >= 0.6 is 0 Å². The van der Waals surface area contributed by atoms with Crippen molar-refractivity contribution in [3.05, 3.63) is 0 Å². The fraction of sp³-hybridized carbons (Fsp3) is 0.923. The van der Waals surface area contributed by atoms with Crippen molar-refractivity contribution < 1.29 is 9.53 Å². The van der Waals surface area contributed by atoms with Gasteiger partial charge in [0.05, 0.1) is 6.61 Å². The van der Waals surface area contributed by atoms with E-state index in [-0.39, 0.29) is 6.61 Å². The van der Waals surface area contributed by atoms with Gasteiger partial charge in [-0.2, -0.15) is 0 Å². The summed E-state index contributed by atoms with van der Waals surface area (Å²) in [5.41, 5.74) is 4.99. The van der Waals surface area contributed by atoms with Crippen LogP contribution in [0, 0.1) is 0 Å². The maximum Gasteiger partial charge on any atom is 0.243 e. The van der Waals surface area contributed by atoms with Gasteiger partial charge in [0.25, 0.3) is 0 Å². The van der Waals surface area contributed by atoms with Gasteiger partial charge in [-0.3, -0.25) is 4.79 Å². The van der Waals surface area contributed by atoms with Gasteiger partial charge in [-0.1, -0.05) is 0 Å². The molecular formula is C13H27N3O2. The van der Waals surface area contributed by atoms with Crippen molar-refractivity contribution in [1.29, 1.82) is 0 Å². The minimum absolute atomic E-state index is 0.0213. The molecule has 1 aliphatic rings. The molecule has 1 aliphatic heterocycles. The molecule has 0 spiro atoms. The first-order chi connectivity index (χ1) is 8.59. The second-order valence-electron chi connectivity index (χ2n) is 5.23. The Balaban J connectivity index is 2.10. The Labute approximate surface area is 110 Å². The number of nitrogens with two attached hydrogens (primary N) is 1. The Kier molecular flexibility index (Phi) is 7.23. The van der Waals surface area contributed by atoms with E-state index in [2.05, 4.69) is 24.1 Å². The number of likely N-dealkylation sites (tertiary alicyclic amines) is 1. The molecule has 5 heteroatoms. The largest absolute Gasteiger partial charge is 0.370 e. The first-order valence-electron chi connectivity index (χ1n) is 6.93. The van der Waals surface area contributed by atoms with Crippen LogP contribution < -0.4 is 11.1 Å². The highest BCUT2D eigenvalue weighted by molar-refractivity contribution is 5.74. The van der Waals surface area contributed by atoms with E-state index in [1.165, 1.54) is 25.8 Å². The van der Waals surface area contributed by atoms with E-state index >= 15 is 0 Å². The molecule has 106 valence electrons. The third-order valence-corrected chi connectivity index (χ3v) is 3.42. The van der Waals surface area contributed by atoms with Crippen LogP contribution in [0.3, 0.4) is 0 Å². The molecule has 0 aliphatic carbocycles. The molecule has 1 saturated heterocycles. The van der Waals surface area contributed by atoms with E-state index in [9.17, 15) is 4.79 Å². The second kappa shape index (κ2) is 8.45. The predicted octanol–water partition coefficient (Wildman–Crippen LogP) is 0.341. The predicted molar refractivity (Wildman–Crippen MR) is 72.4 cm³/mol. The summed E-state index contributed by atoms with van der Waals surface area (Å²) in [6, 6.07) is 1.22. The SMILES string of the molecule is CC(C)N1CCCC(NCCOCC(N)=O)CC1. The highest BCUT2D eigenvalue weighted by Crippen LogP contribution is 2.13. The van der Waals surface area contributed by atoms with Crippen LogP contribution in [0.15, 0.2) is 0 Å². The molecule has 18 heavy (non-hydrogen) atoms. The zero-order chi connectivity index (χ0) is 13.4. The summed E-state index contributed by atoms with van der Waals surface area (Å²) < 4.78 is 5.13. The maximum atomic E-state index is 10.5. The van der Waals surface area contributed by atoms with Gasteiger partial charge in [-0.05, 0) is 46.2 Å². The third kappa shape index (κ3) is 6.33. The molecule has 1 atom stereocenters. The van der Waals surface area contributed by atoms with Crippen molar-refractivity contribution >= 4 is 5.91 Å². The van der Waals surface area contributed by atoms with Gasteiger partial charge in [-0.15, -0.1) is 0 Å². The van der Waals surface area contributed by atoms with Crippen LogP contribution in [0.25, 0.3) is 0 Å². The normalized spacial score (nSPS) is 22.1. The first-order valence-corrected chi connectivity index (χ1v) is 6.93. The van der Waals surface area contributed by atoms with Crippen molar-refractivity contribution in [2.45, 2.75) is 45.2 Å². The Bertz CT molecular complexity index is 246. The molecule has 1 amide bonds. The van der Waals surface area contributed by atoms with Gasteiger partial charge in [-0.25, -0.2) is 0 Å². The van der Waals surface area contributed by atoms with Crippen molar-refractivity contribution in [3.8, 4) is 0 Å². The van der Waals surface area contributed by atoms with E-state index < -0.39 is 5.91 Å². The fourth-order valence-corrected chi connectivity index (χ4v) is 2.35. The number of nitrogens with zero attached hydrogens (tertiary/aromatic N) is 1. The summed E-state index contributed by atoms with van der Waals surface area (Å²) in [7, 11) is 0. The number of carbonyl (C=O) groups is 1. The minimum Gasteiger partial charge on any atom is -0.370 e. The second-order valence-corrected chi connectivity index (χ2v) is 5.23. The Morgan fingerprint density at radius 1 is 1.44 bits per heavy atom. The lowest BCUT2D eigenvalue weighted by molar-refractivity contribution is -0.122. The molecule has 0 bridgehead atoms. The Morgan fingerprint density at radius 2 is 2.22 bits per heavy atom. The number of ether oxygens (including phenoxy) is 1. The summed E-state index contributed by atoms with van der Waals surface area (Å²) in [5.74, 6) is -0.406. The van der Waals surface area contributed by atoms with E-state index in [0.717, 1.165) is 13.1 Å². The fourth-order valence-electron chi connectivity index (χ4n) is 2.35. The van der Waals surface area contributed by atoms with Crippen LogP contribution in [0.2, 0.25) is 0 Å². The molecule has 0 radical (unpaired) electrons. The van der Waals surface area contributed by atoms with Crippen molar-refractivity contribution in [2.24, 2.45) is 5.73 Å². The van der Waals surface area contributed by atoms with Crippen LogP contribution in [-0.2, 0) is 9.53 Å². The molecule has 1 heterocycles. The van der Waals surface area contributed by atoms with Gasteiger partial charge in [0.2, 0.25) is 5.91 Å². The number of hydrogen-bond acceptors (Lipinski definition) is 4. The summed E-state index contributed by atoms with van der Waals surface area (Å²) in [5, 5.41) is 3.49. The molecule has 1 unspecified atom stereocenters. The summed E-state index contributed by atoms with van der Waals surface area (Å²) in [6.45, 7) is 8.24. The molecular weight excluding hydrogens is 230 g/mol. The van der Waals surface area contributed by atoms with Crippen LogP contribution in [-0.4, -0.2) is 55.7 Å². The summed E-state index contributed by atoms with van der Waals surface area (Å²) in [6.07, 6.45) is 3.66. The molecule has 0 aromatic carbocycles. The standard InChI is InChI=1S/C13H27N3O2/c1-11(2)16-7-3-4-12(5-8-16)15-6-9-18-10-13(14)17/h11-12,15H,3-10H2,1-2H3,(H2,14,17). The molecule has 0 saturated carbocycles. The number of carbonyl (C=O) groups excluding carboxylic acids is 1. The van der Waals surface area contributed by atoms with Crippen LogP contribution in [0.1, 0.15) is 33.1 Å². The lowest BCUT2D eigenvalue weighted by Gasteiger charge is -2.24. The number of primary amides is 1. The summed E-state index contributed by atoms with van der Waals surface area (Å²) in [4.78, 5) is 13.0. The van der Waals surface area contributed by atoms with Gasteiger partial charge < -0.3 is 20.7 Å². The first kappa shape index (κ1) is 15.4. The van der Waals surface area contributed by atoms with E-state index in [0.29, 0.717) is 18.7 Å². The van der Waals surface area contributed by atoms with Gasteiger partial charge in [0.1, 0.15) is 6.61 Å². The Morgan fingerprint density at radius 3 is 2.89 bits per heavy atom. The molecule has 5 nitrogen and oxygen atoms in total. The highest BCUT2D eigenvalue weighted by Gasteiger charge is 2.17. The number of nitrogens with one attached hydrogen (secondary N) is 1. The van der Waals surface area contributed by atoms with Crippen molar-refractivity contribution in [1.82, 2.24) is 10.2 Å². The van der Waals surface area contributed by atoms with E-state index in [1.807, 2.05) is 0 Å². The monoisotopic (exact) mass is 257 g/mol. The molecule has 3 N–H and O–H groups in total.